The van der Waals surface area contributed by atoms with Gasteiger partial charge in [0.05, 0.1) is 18.5 Å². The highest BCUT2D eigenvalue weighted by atomic mass is 35.5. The maximum atomic E-state index is 13.1. The summed E-state index contributed by atoms with van der Waals surface area (Å²) in [5, 5.41) is 7.19. The number of methoxy groups -OCH3 is 1. The predicted molar refractivity (Wildman–Crippen MR) is 107 cm³/mol. The van der Waals surface area contributed by atoms with E-state index in [4.69, 9.17) is 21.1 Å². The van der Waals surface area contributed by atoms with E-state index in [1.807, 2.05) is 0 Å². The molecule has 1 amide bonds. The van der Waals surface area contributed by atoms with Crippen molar-refractivity contribution in [3.63, 3.8) is 0 Å². The third-order valence-corrected chi connectivity index (χ3v) is 4.17. The minimum atomic E-state index is -0.939. The maximum absolute atomic E-state index is 13.1. The molecule has 150 valence electrons. The van der Waals surface area contributed by atoms with Gasteiger partial charge < -0.3 is 14.8 Å². The molecular weight excluding hydrogens is 401 g/mol. The summed E-state index contributed by atoms with van der Waals surface area (Å²) in [6.45, 7) is 1.53. The summed E-state index contributed by atoms with van der Waals surface area (Å²) in [7, 11) is 1.47. The Hall–Kier alpha value is -3.39. The zero-order valence-corrected chi connectivity index (χ0v) is 16.3. The summed E-state index contributed by atoms with van der Waals surface area (Å²) in [6.07, 6.45) is -0.939. The van der Waals surface area contributed by atoms with Crippen LogP contribution in [-0.2, 0) is 4.79 Å². The second kappa shape index (κ2) is 8.74. The van der Waals surface area contributed by atoms with Crippen LogP contribution >= 0.6 is 11.6 Å². The fraction of sp³-hybridized carbons (Fsp3) is 0.150. The van der Waals surface area contributed by atoms with Crippen LogP contribution in [0.4, 0.5) is 10.1 Å². The Bertz CT molecular complexity index is 1090. The van der Waals surface area contributed by atoms with Gasteiger partial charge in [0.25, 0.3) is 11.5 Å². The van der Waals surface area contributed by atoms with E-state index in [0.29, 0.717) is 22.1 Å². The van der Waals surface area contributed by atoms with Gasteiger partial charge in [-0.05, 0) is 49.4 Å². The SMILES string of the molecule is COc1ccc(Cl)cc1NC(=O)C(C)Oc1ccc(=O)n(-c2ccc(F)cc2)n1. The number of nitrogens with one attached hydrogen (secondary N) is 1. The lowest BCUT2D eigenvalue weighted by atomic mass is 10.2. The molecule has 2 aromatic carbocycles. The number of nitrogens with zero attached hydrogens (tertiary/aromatic N) is 2. The first-order valence-corrected chi connectivity index (χ1v) is 8.92. The van der Waals surface area contributed by atoms with Crippen LogP contribution in [0, 0.1) is 5.82 Å². The van der Waals surface area contributed by atoms with Crippen molar-refractivity contribution in [1.82, 2.24) is 9.78 Å². The number of halogens is 2. The first-order chi connectivity index (χ1) is 13.9. The number of benzene rings is 2. The molecule has 0 radical (unpaired) electrons. The number of amides is 1. The van der Waals surface area contributed by atoms with Crippen LogP contribution in [0.5, 0.6) is 11.6 Å². The van der Waals surface area contributed by atoms with Gasteiger partial charge in [-0.2, -0.15) is 4.68 Å². The molecule has 1 N–H and O–H groups in total. The summed E-state index contributed by atoms with van der Waals surface area (Å²) in [4.78, 5) is 24.5. The van der Waals surface area contributed by atoms with Crippen molar-refractivity contribution in [2.24, 2.45) is 0 Å². The van der Waals surface area contributed by atoms with Gasteiger partial charge in [-0.1, -0.05) is 11.6 Å². The molecule has 1 atom stereocenters. The number of hydrogen-bond donors (Lipinski definition) is 1. The average Bonchev–Trinajstić information content (AvgIpc) is 2.70. The molecule has 1 heterocycles. The van der Waals surface area contributed by atoms with Crippen LogP contribution in [0.15, 0.2) is 59.4 Å². The van der Waals surface area contributed by atoms with E-state index >= 15 is 0 Å². The van der Waals surface area contributed by atoms with Crippen molar-refractivity contribution in [3.8, 4) is 17.3 Å². The highest BCUT2D eigenvalue weighted by molar-refractivity contribution is 6.31. The fourth-order valence-electron chi connectivity index (χ4n) is 2.47. The van der Waals surface area contributed by atoms with E-state index in [0.717, 1.165) is 4.68 Å². The Morgan fingerprint density at radius 1 is 1.17 bits per heavy atom. The number of anilines is 1. The number of hydrogen-bond acceptors (Lipinski definition) is 5. The summed E-state index contributed by atoms with van der Waals surface area (Å²) in [6, 6.07) is 12.7. The Morgan fingerprint density at radius 2 is 1.90 bits per heavy atom. The van der Waals surface area contributed by atoms with Crippen molar-refractivity contribution >= 4 is 23.2 Å². The Kier molecular flexibility index (Phi) is 6.13. The molecule has 7 nitrogen and oxygen atoms in total. The van der Waals surface area contributed by atoms with Gasteiger partial charge in [0.15, 0.2) is 6.10 Å². The summed E-state index contributed by atoms with van der Waals surface area (Å²) in [5.41, 5.74) is 0.331. The lowest BCUT2D eigenvalue weighted by Gasteiger charge is -2.16. The second-order valence-electron chi connectivity index (χ2n) is 5.99. The Balaban J connectivity index is 1.77. The largest absolute Gasteiger partial charge is 0.495 e. The van der Waals surface area contributed by atoms with Crippen molar-refractivity contribution in [2.45, 2.75) is 13.0 Å². The first-order valence-electron chi connectivity index (χ1n) is 8.55. The van der Waals surface area contributed by atoms with E-state index < -0.39 is 23.4 Å². The molecule has 0 spiro atoms. The molecule has 0 aliphatic carbocycles. The lowest BCUT2D eigenvalue weighted by Crippen LogP contribution is -2.31. The fourth-order valence-corrected chi connectivity index (χ4v) is 2.64. The van der Waals surface area contributed by atoms with E-state index in [2.05, 4.69) is 10.4 Å². The lowest BCUT2D eigenvalue weighted by molar-refractivity contribution is -0.122. The van der Waals surface area contributed by atoms with Crippen LogP contribution < -0.4 is 20.3 Å². The topological polar surface area (TPSA) is 82.5 Å². The zero-order valence-electron chi connectivity index (χ0n) is 15.6. The average molecular weight is 418 g/mol. The van der Waals surface area contributed by atoms with Gasteiger partial charge in [-0.15, -0.1) is 5.10 Å². The molecular formula is C20H17ClFN3O4. The molecule has 0 saturated heterocycles. The van der Waals surface area contributed by atoms with E-state index in [9.17, 15) is 14.0 Å². The van der Waals surface area contributed by atoms with Crippen molar-refractivity contribution in [3.05, 3.63) is 75.8 Å². The minimum Gasteiger partial charge on any atom is -0.495 e. The Labute approximate surface area is 170 Å². The molecule has 0 saturated carbocycles. The standard InChI is InChI=1S/C20H17ClFN3O4/c1-12(20(27)23-16-11-13(21)3-8-17(16)28-2)29-18-9-10-19(26)25(24-18)15-6-4-14(22)5-7-15/h3-12H,1-2H3,(H,23,27). The third kappa shape index (κ3) is 4.91. The van der Waals surface area contributed by atoms with E-state index in [-0.39, 0.29) is 5.88 Å². The van der Waals surface area contributed by atoms with Crippen LogP contribution in [0.3, 0.4) is 0 Å². The minimum absolute atomic E-state index is 0.0506. The zero-order chi connectivity index (χ0) is 21.0. The number of carbonyl (C=O) groups is 1. The molecule has 3 aromatic rings. The molecule has 0 aliphatic heterocycles. The third-order valence-electron chi connectivity index (χ3n) is 3.93. The molecule has 0 aliphatic rings. The molecule has 0 fully saturated rings. The summed E-state index contributed by atoms with van der Waals surface area (Å²) in [5.74, 6) is -0.407. The first kappa shape index (κ1) is 20.3. The highest BCUT2D eigenvalue weighted by Crippen LogP contribution is 2.27. The van der Waals surface area contributed by atoms with Crippen molar-refractivity contribution in [1.29, 1.82) is 0 Å². The number of aromatic nitrogens is 2. The Morgan fingerprint density at radius 3 is 2.59 bits per heavy atom. The van der Waals surface area contributed by atoms with Gasteiger partial charge in [-0.3, -0.25) is 9.59 Å². The van der Waals surface area contributed by atoms with E-state index in [1.54, 1.807) is 18.2 Å². The van der Waals surface area contributed by atoms with Crippen molar-refractivity contribution < 1.29 is 18.7 Å². The summed E-state index contributed by atoms with van der Waals surface area (Å²) >= 11 is 5.96. The van der Waals surface area contributed by atoms with Crippen LogP contribution in [0.1, 0.15) is 6.92 Å². The van der Waals surface area contributed by atoms with Gasteiger partial charge in [0.1, 0.15) is 11.6 Å². The van der Waals surface area contributed by atoms with Gasteiger partial charge in [0, 0.05) is 17.2 Å². The quantitative estimate of drug-likeness (QED) is 0.664. The number of rotatable bonds is 6. The second-order valence-corrected chi connectivity index (χ2v) is 6.43. The van der Waals surface area contributed by atoms with Crippen LogP contribution in [0.2, 0.25) is 5.02 Å². The maximum Gasteiger partial charge on any atom is 0.271 e. The molecule has 29 heavy (non-hydrogen) atoms. The van der Waals surface area contributed by atoms with Gasteiger partial charge >= 0.3 is 0 Å². The molecule has 1 aromatic heterocycles. The molecule has 1 unspecified atom stereocenters. The number of carbonyl (C=O) groups excluding carboxylic acids is 1. The predicted octanol–water partition coefficient (Wildman–Crippen LogP) is 3.44. The normalized spacial score (nSPS) is 11.6. The molecule has 3 rings (SSSR count). The highest BCUT2D eigenvalue weighted by Gasteiger charge is 2.18. The molecule has 0 bridgehead atoms. The molecule has 9 heteroatoms. The monoisotopic (exact) mass is 417 g/mol. The van der Waals surface area contributed by atoms with Gasteiger partial charge in [0.2, 0.25) is 5.88 Å². The number of ether oxygens (including phenoxy) is 2. The summed E-state index contributed by atoms with van der Waals surface area (Å²) < 4.78 is 24.9. The van der Waals surface area contributed by atoms with Crippen LogP contribution in [-0.4, -0.2) is 28.9 Å². The smallest absolute Gasteiger partial charge is 0.271 e. The van der Waals surface area contributed by atoms with E-state index in [1.165, 1.54) is 50.4 Å². The van der Waals surface area contributed by atoms with Gasteiger partial charge in [-0.25, -0.2) is 4.39 Å². The van der Waals surface area contributed by atoms with Crippen LogP contribution in [0.25, 0.3) is 5.69 Å². The van der Waals surface area contributed by atoms with Crippen molar-refractivity contribution in [2.75, 3.05) is 12.4 Å².